The number of nitrogens with zero attached hydrogens (tertiary/aromatic N) is 2. The van der Waals surface area contributed by atoms with Crippen molar-refractivity contribution < 1.29 is 9.47 Å². The van der Waals surface area contributed by atoms with Gasteiger partial charge in [-0.05, 0) is 17.7 Å². The van der Waals surface area contributed by atoms with Crippen molar-refractivity contribution in [2.45, 2.75) is 6.04 Å². The highest BCUT2D eigenvalue weighted by Crippen LogP contribution is 2.24. The monoisotopic (exact) mass is 232 g/mol. The number of rotatable bonds is 3. The minimum atomic E-state index is -0.214. The first-order valence-electron chi connectivity index (χ1n) is 5.70. The molecule has 1 aliphatic heterocycles. The number of ether oxygens (including phenoxy) is 2. The van der Waals surface area contributed by atoms with Gasteiger partial charge in [0.15, 0.2) is 0 Å². The summed E-state index contributed by atoms with van der Waals surface area (Å²) in [5.74, 6) is 0.788. The summed E-state index contributed by atoms with van der Waals surface area (Å²) in [7, 11) is 1.63. The summed E-state index contributed by atoms with van der Waals surface area (Å²) in [4.78, 5) is 2.14. The van der Waals surface area contributed by atoms with Gasteiger partial charge in [-0.3, -0.25) is 4.90 Å². The molecule has 1 saturated heterocycles. The second-order valence-electron chi connectivity index (χ2n) is 3.96. The zero-order valence-electron chi connectivity index (χ0n) is 9.93. The molecule has 0 bridgehead atoms. The van der Waals surface area contributed by atoms with Crippen LogP contribution in [0, 0.1) is 11.3 Å². The predicted octanol–water partition coefficient (Wildman–Crippen LogP) is 1.59. The van der Waals surface area contributed by atoms with E-state index in [4.69, 9.17) is 9.47 Å². The molecule has 0 aromatic heterocycles. The third-order valence-corrected chi connectivity index (χ3v) is 2.94. The maximum absolute atomic E-state index is 9.32. The van der Waals surface area contributed by atoms with E-state index in [-0.39, 0.29) is 6.04 Å². The molecule has 4 nitrogen and oxygen atoms in total. The lowest BCUT2D eigenvalue weighted by molar-refractivity contribution is 0.0266. The zero-order valence-corrected chi connectivity index (χ0v) is 9.93. The number of methoxy groups -OCH3 is 1. The number of morpholine rings is 1. The van der Waals surface area contributed by atoms with E-state index >= 15 is 0 Å². The first kappa shape index (κ1) is 11.9. The molecule has 0 aliphatic carbocycles. The fourth-order valence-electron chi connectivity index (χ4n) is 2.01. The van der Waals surface area contributed by atoms with Crippen LogP contribution in [0.15, 0.2) is 24.3 Å². The van der Waals surface area contributed by atoms with Gasteiger partial charge < -0.3 is 9.47 Å². The van der Waals surface area contributed by atoms with Gasteiger partial charge in [0.1, 0.15) is 11.8 Å². The quantitative estimate of drug-likeness (QED) is 0.794. The fourth-order valence-corrected chi connectivity index (χ4v) is 2.01. The van der Waals surface area contributed by atoms with Crippen LogP contribution < -0.4 is 4.74 Å². The van der Waals surface area contributed by atoms with Crippen LogP contribution in [0.25, 0.3) is 0 Å². The topological polar surface area (TPSA) is 45.5 Å². The second-order valence-corrected chi connectivity index (χ2v) is 3.96. The lowest BCUT2D eigenvalue weighted by Gasteiger charge is -2.30. The van der Waals surface area contributed by atoms with Crippen molar-refractivity contribution >= 4 is 0 Å². The van der Waals surface area contributed by atoms with E-state index in [2.05, 4.69) is 11.0 Å². The molecule has 90 valence electrons. The molecule has 1 aromatic carbocycles. The van der Waals surface area contributed by atoms with Crippen molar-refractivity contribution in [3.05, 3.63) is 29.8 Å². The summed E-state index contributed by atoms with van der Waals surface area (Å²) in [6.45, 7) is 3.00. The maximum atomic E-state index is 9.32. The molecule has 0 radical (unpaired) electrons. The number of nitriles is 1. The lowest BCUT2D eigenvalue weighted by atomic mass is 10.1. The van der Waals surface area contributed by atoms with Crippen LogP contribution in [0.3, 0.4) is 0 Å². The zero-order chi connectivity index (χ0) is 12.1. The summed E-state index contributed by atoms with van der Waals surface area (Å²) in [5.41, 5.74) is 0.980. The van der Waals surface area contributed by atoms with E-state index in [1.54, 1.807) is 7.11 Å². The van der Waals surface area contributed by atoms with E-state index in [0.717, 1.165) is 24.4 Å². The van der Waals surface area contributed by atoms with Crippen molar-refractivity contribution in [2.24, 2.45) is 0 Å². The molecular formula is C13H16N2O2. The van der Waals surface area contributed by atoms with E-state index < -0.39 is 0 Å². The Morgan fingerprint density at radius 1 is 1.41 bits per heavy atom. The van der Waals surface area contributed by atoms with Crippen molar-refractivity contribution in [1.29, 1.82) is 5.26 Å². The van der Waals surface area contributed by atoms with E-state index in [9.17, 15) is 5.26 Å². The van der Waals surface area contributed by atoms with Crippen LogP contribution in [0.1, 0.15) is 11.6 Å². The van der Waals surface area contributed by atoms with Gasteiger partial charge in [0.2, 0.25) is 0 Å². The van der Waals surface area contributed by atoms with E-state index in [1.807, 2.05) is 24.3 Å². The summed E-state index contributed by atoms with van der Waals surface area (Å²) in [6, 6.07) is 9.83. The van der Waals surface area contributed by atoms with Gasteiger partial charge in [-0.25, -0.2) is 0 Å². The molecule has 0 N–H and O–H groups in total. The van der Waals surface area contributed by atoms with Crippen LogP contribution in [-0.2, 0) is 4.74 Å². The molecule has 1 heterocycles. The van der Waals surface area contributed by atoms with Crippen molar-refractivity contribution in [2.75, 3.05) is 33.4 Å². The first-order valence-corrected chi connectivity index (χ1v) is 5.70. The molecule has 0 spiro atoms. The third-order valence-electron chi connectivity index (χ3n) is 2.94. The Hall–Kier alpha value is -1.57. The summed E-state index contributed by atoms with van der Waals surface area (Å²) < 4.78 is 10.5. The Morgan fingerprint density at radius 3 is 2.82 bits per heavy atom. The molecule has 2 rings (SSSR count). The van der Waals surface area contributed by atoms with Crippen LogP contribution in [0.2, 0.25) is 0 Å². The van der Waals surface area contributed by atoms with Gasteiger partial charge >= 0.3 is 0 Å². The van der Waals surface area contributed by atoms with Gasteiger partial charge in [0.25, 0.3) is 0 Å². The second kappa shape index (κ2) is 5.67. The van der Waals surface area contributed by atoms with Crippen LogP contribution >= 0.6 is 0 Å². The van der Waals surface area contributed by atoms with Crippen molar-refractivity contribution in [3.63, 3.8) is 0 Å². The Labute approximate surface area is 101 Å². The maximum Gasteiger partial charge on any atom is 0.124 e. The predicted molar refractivity (Wildman–Crippen MR) is 63.7 cm³/mol. The van der Waals surface area contributed by atoms with Gasteiger partial charge in [0, 0.05) is 13.1 Å². The standard InChI is InChI=1S/C13H16N2O2/c1-16-12-4-2-3-11(9-12)13(10-14)15-5-7-17-8-6-15/h2-4,9,13H,5-8H2,1H3/t13-/m0/s1. The highest BCUT2D eigenvalue weighted by molar-refractivity contribution is 5.33. The SMILES string of the molecule is COc1cccc([C@H](C#N)N2CCOCC2)c1. The molecule has 17 heavy (non-hydrogen) atoms. The largest absolute Gasteiger partial charge is 0.497 e. The fraction of sp³-hybridized carbons (Fsp3) is 0.462. The molecule has 1 atom stereocenters. The molecular weight excluding hydrogens is 216 g/mol. The average molecular weight is 232 g/mol. The first-order chi connectivity index (χ1) is 8.35. The smallest absolute Gasteiger partial charge is 0.124 e. The van der Waals surface area contributed by atoms with Crippen molar-refractivity contribution in [3.8, 4) is 11.8 Å². The molecule has 1 fully saturated rings. The van der Waals surface area contributed by atoms with Crippen LogP contribution in [-0.4, -0.2) is 38.3 Å². The summed E-state index contributed by atoms with van der Waals surface area (Å²) in [5, 5.41) is 9.32. The highest BCUT2D eigenvalue weighted by atomic mass is 16.5. The summed E-state index contributed by atoms with van der Waals surface area (Å²) >= 11 is 0. The Balaban J connectivity index is 2.19. The number of hydrogen-bond acceptors (Lipinski definition) is 4. The molecule has 4 heteroatoms. The lowest BCUT2D eigenvalue weighted by Crippen LogP contribution is -2.38. The van der Waals surface area contributed by atoms with Gasteiger partial charge in [0.05, 0.1) is 26.4 Å². The molecule has 1 aromatic rings. The Morgan fingerprint density at radius 2 is 2.18 bits per heavy atom. The van der Waals surface area contributed by atoms with Crippen LogP contribution in [0.4, 0.5) is 0 Å². The van der Waals surface area contributed by atoms with E-state index in [1.165, 1.54) is 0 Å². The van der Waals surface area contributed by atoms with Gasteiger partial charge in [-0.1, -0.05) is 12.1 Å². The molecule has 0 amide bonds. The minimum absolute atomic E-state index is 0.214. The van der Waals surface area contributed by atoms with Gasteiger partial charge in [-0.15, -0.1) is 0 Å². The number of benzene rings is 1. The number of hydrogen-bond donors (Lipinski definition) is 0. The Kier molecular flexibility index (Phi) is 3.97. The van der Waals surface area contributed by atoms with Crippen LogP contribution in [0.5, 0.6) is 5.75 Å². The third kappa shape index (κ3) is 2.76. The highest BCUT2D eigenvalue weighted by Gasteiger charge is 2.22. The minimum Gasteiger partial charge on any atom is -0.497 e. The molecule has 1 aliphatic rings. The average Bonchev–Trinajstić information content (AvgIpc) is 2.41. The Bertz CT molecular complexity index is 408. The van der Waals surface area contributed by atoms with Gasteiger partial charge in [-0.2, -0.15) is 5.26 Å². The molecule has 0 saturated carbocycles. The normalized spacial score (nSPS) is 18.4. The van der Waals surface area contributed by atoms with Crippen molar-refractivity contribution in [1.82, 2.24) is 4.90 Å². The van der Waals surface area contributed by atoms with E-state index in [0.29, 0.717) is 13.2 Å². The molecule has 0 unspecified atom stereocenters. The summed E-state index contributed by atoms with van der Waals surface area (Å²) in [6.07, 6.45) is 0.